The Kier molecular flexibility index (Phi) is 6.70. The van der Waals surface area contributed by atoms with E-state index >= 15 is 0 Å². The van der Waals surface area contributed by atoms with Gasteiger partial charge in [-0.3, -0.25) is 0 Å². The fourth-order valence-corrected chi connectivity index (χ4v) is 6.07. The Labute approximate surface area is 187 Å². The molecule has 0 nitrogen and oxygen atoms in total. The number of hydrogen-bond donors (Lipinski definition) is 0. The van der Waals surface area contributed by atoms with E-state index in [1.807, 2.05) is 6.07 Å². The molecule has 0 N–H and O–H groups in total. The lowest BCUT2D eigenvalue weighted by molar-refractivity contribution is 0.381. The maximum Gasteiger partial charge on any atom is 0.200 e. The van der Waals surface area contributed by atoms with E-state index in [4.69, 9.17) is 0 Å². The molecule has 4 rings (SSSR count). The first-order valence-corrected chi connectivity index (χ1v) is 11.8. The summed E-state index contributed by atoms with van der Waals surface area (Å²) in [4.78, 5) is 0. The van der Waals surface area contributed by atoms with Crippen molar-refractivity contribution in [2.24, 2.45) is 0 Å². The van der Waals surface area contributed by atoms with Gasteiger partial charge in [0.25, 0.3) is 0 Å². The van der Waals surface area contributed by atoms with E-state index in [9.17, 15) is 22.0 Å². The lowest BCUT2D eigenvalue weighted by Gasteiger charge is -2.29. The molecule has 0 bridgehead atoms. The van der Waals surface area contributed by atoms with Crippen molar-refractivity contribution in [3.63, 3.8) is 0 Å². The Balaban J connectivity index is 1.94. The summed E-state index contributed by atoms with van der Waals surface area (Å²) in [5, 5.41) is 0. The van der Waals surface area contributed by atoms with Gasteiger partial charge in [-0.2, -0.15) is 0 Å². The van der Waals surface area contributed by atoms with Gasteiger partial charge >= 0.3 is 0 Å². The van der Waals surface area contributed by atoms with Gasteiger partial charge in [0.15, 0.2) is 23.3 Å². The second-order valence-corrected chi connectivity index (χ2v) is 9.74. The topological polar surface area (TPSA) is 0 Å². The molecule has 2 fully saturated rings. The molecule has 0 amide bonds. The third-order valence-corrected chi connectivity index (χ3v) is 7.67. The number of halogens is 6. The molecule has 0 aromatic heterocycles. The van der Waals surface area contributed by atoms with Crippen molar-refractivity contribution in [1.29, 1.82) is 0 Å². The highest BCUT2D eigenvalue weighted by atomic mass is 127. The van der Waals surface area contributed by atoms with Crippen LogP contribution in [0.3, 0.4) is 0 Å². The minimum atomic E-state index is -2.11. The van der Waals surface area contributed by atoms with Crippen LogP contribution in [0.4, 0.5) is 22.0 Å². The van der Waals surface area contributed by atoms with Crippen molar-refractivity contribution in [3.05, 3.63) is 55.9 Å². The van der Waals surface area contributed by atoms with Crippen molar-refractivity contribution in [3.8, 4) is 11.1 Å². The Morgan fingerprint density at radius 2 is 1.00 bits per heavy atom. The molecule has 0 unspecified atom stereocenters. The van der Waals surface area contributed by atoms with Crippen molar-refractivity contribution in [2.75, 3.05) is 0 Å². The predicted molar refractivity (Wildman–Crippen MR) is 116 cm³/mol. The van der Waals surface area contributed by atoms with Gasteiger partial charge in [0.05, 0.1) is 5.56 Å². The zero-order valence-corrected chi connectivity index (χ0v) is 18.8. The summed E-state index contributed by atoms with van der Waals surface area (Å²) < 4.78 is 72.3. The molecular weight excluding hydrogens is 510 g/mol. The molecule has 0 spiro atoms. The summed E-state index contributed by atoms with van der Waals surface area (Å²) in [7, 11) is 0. The van der Waals surface area contributed by atoms with E-state index in [2.05, 4.69) is 22.6 Å². The first-order chi connectivity index (χ1) is 14.4. The van der Waals surface area contributed by atoms with Gasteiger partial charge in [-0.15, -0.1) is 0 Å². The molecular formula is C24H24F5I. The van der Waals surface area contributed by atoms with Crippen LogP contribution < -0.4 is 0 Å². The highest BCUT2D eigenvalue weighted by Gasteiger charge is 2.31. The van der Waals surface area contributed by atoms with Crippen LogP contribution in [0.5, 0.6) is 0 Å². The van der Waals surface area contributed by atoms with Gasteiger partial charge in [0.1, 0.15) is 0 Å². The molecule has 2 aromatic carbocycles. The summed E-state index contributed by atoms with van der Waals surface area (Å²) >= 11 is 2.26. The first kappa shape index (κ1) is 22.0. The zero-order chi connectivity index (χ0) is 21.4. The summed E-state index contributed by atoms with van der Waals surface area (Å²) in [5.41, 5.74) is 1.08. The molecule has 0 saturated heterocycles. The molecule has 2 aliphatic carbocycles. The van der Waals surface area contributed by atoms with Crippen molar-refractivity contribution in [1.82, 2.24) is 0 Å². The molecule has 2 aliphatic rings. The first-order valence-electron chi connectivity index (χ1n) is 10.7. The van der Waals surface area contributed by atoms with Gasteiger partial charge in [0, 0.05) is 3.57 Å². The fraction of sp³-hybridized carbons (Fsp3) is 0.500. The minimum absolute atomic E-state index is 0.0673. The average Bonchev–Trinajstić information content (AvgIpc) is 2.78. The molecule has 162 valence electrons. The maximum absolute atomic E-state index is 14.8. The molecule has 2 aromatic rings. The van der Waals surface area contributed by atoms with Crippen LogP contribution in [-0.4, -0.2) is 0 Å². The third kappa shape index (κ3) is 4.00. The zero-order valence-electron chi connectivity index (χ0n) is 16.6. The van der Waals surface area contributed by atoms with E-state index in [1.165, 1.54) is 0 Å². The lowest BCUT2D eigenvalue weighted by atomic mass is 9.77. The minimum Gasteiger partial charge on any atom is -0.203 e. The van der Waals surface area contributed by atoms with Crippen LogP contribution in [0, 0.1) is 32.7 Å². The predicted octanol–water partition coefficient (Wildman–Crippen LogP) is 8.75. The normalized spacial score (nSPS) is 18.7. The summed E-state index contributed by atoms with van der Waals surface area (Å²) in [5.74, 6) is -9.01. The van der Waals surface area contributed by atoms with Crippen LogP contribution in [0.15, 0.2) is 12.1 Å². The molecule has 30 heavy (non-hydrogen) atoms. The van der Waals surface area contributed by atoms with Gasteiger partial charge in [-0.1, -0.05) is 38.5 Å². The van der Waals surface area contributed by atoms with Crippen LogP contribution in [0.2, 0.25) is 0 Å². The molecule has 0 atom stereocenters. The van der Waals surface area contributed by atoms with Gasteiger partial charge in [-0.25, -0.2) is 22.0 Å². The SMILES string of the molecule is Fc1c(F)c(F)c(-c2cc(C3CCCCC3)c(I)cc2C2CCCCC2)c(F)c1F. The number of hydrogen-bond acceptors (Lipinski definition) is 0. The van der Waals surface area contributed by atoms with E-state index < -0.39 is 34.6 Å². The molecule has 2 saturated carbocycles. The number of rotatable bonds is 3. The molecule has 6 heteroatoms. The third-order valence-electron chi connectivity index (χ3n) is 6.74. The van der Waals surface area contributed by atoms with Crippen LogP contribution in [-0.2, 0) is 0 Å². The molecule has 0 heterocycles. The summed E-state index contributed by atoms with van der Waals surface area (Å²) in [6.07, 6.45) is 10.1. The Hall–Kier alpha value is -1.18. The largest absolute Gasteiger partial charge is 0.203 e. The van der Waals surface area contributed by atoms with Crippen LogP contribution in [0.1, 0.15) is 87.2 Å². The van der Waals surface area contributed by atoms with Crippen molar-refractivity contribution >= 4 is 22.6 Å². The molecule has 0 radical (unpaired) electrons. The smallest absolute Gasteiger partial charge is 0.200 e. The maximum atomic E-state index is 14.8. The Morgan fingerprint density at radius 1 is 0.567 bits per heavy atom. The Bertz CT molecular complexity index is 914. The highest BCUT2D eigenvalue weighted by molar-refractivity contribution is 14.1. The van der Waals surface area contributed by atoms with Crippen molar-refractivity contribution < 1.29 is 22.0 Å². The molecule has 0 aliphatic heterocycles. The van der Waals surface area contributed by atoms with E-state index in [1.54, 1.807) is 6.07 Å². The second kappa shape index (κ2) is 9.13. The summed E-state index contributed by atoms with van der Waals surface area (Å²) in [6.45, 7) is 0. The van der Waals surface area contributed by atoms with Crippen molar-refractivity contribution in [2.45, 2.75) is 76.0 Å². The van der Waals surface area contributed by atoms with E-state index in [-0.39, 0.29) is 17.4 Å². The fourth-order valence-electron chi connectivity index (χ4n) is 5.14. The van der Waals surface area contributed by atoms with Gasteiger partial charge in [0.2, 0.25) is 5.82 Å². The monoisotopic (exact) mass is 534 g/mol. The van der Waals surface area contributed by atoms with Gasteiger partial charge < -0.3 is 0 Å². The second-order valence-electron chi connectivity index (χ2n) is 8.58. The van der Waals surface area contributed by atoms with Crippen LogP contribution in [0.25, 0.3) is 11.1 Å². The summed E-state index contributed by atoms with van der Waals surface area (Å²) in [6, 6.07) is 3.66. The standard InChI is InChI=1S/C24H24F5I/c25-20-19(21(26)23(28)24(29)22(20)27)17-11-16(14-9-5-2-6-10-14)18(30)12-15(17)13-7-3-1-4-8-13/h11-14H,1-10H2. The highest BCUT2D eigenvalue weighted by Crippen LogP contribution is 2.45. The Morgan fingerprint density at radius 3 is 1.50 bits per heavy atom. The average molecular weight is 534 g/mol. The quantitative estimate of drug-likeness (QED) is 0.160. The van der Waals surface area contributed by atoms with E-state index in [0.717, 1.165) is 73.3 Å². The van der Waals surface area contributed by atoms with E-state index in [0.29, 0.717) is 5.56 Å². The van der Waals surface area contributed by atoms with Crippen LogP contribution >= 0.6 is 22.6 Å². The lowest BCUT2D eigenvalue weighted by Crippen LogP contribution is -2.12. The van der Waals surface area contributed by atoms with Gasteiger partial charge in [-0.05, 0) is 88.9 Å². The number of benzene rings is 2.